The lowest BCUT2D eigenvalue weighted by Crippen LogP contribution is -2.28. The Morgan fingerprint density at radius 1 is 1.07 bits per heavy atom. The maximum atomic E-state index is 12.0. The fourth-order valence-corrected chi connectivity index (χ4v) is 2.62. The number of aryl methyl sites for hydroxylation is 2. The highest BCUT2D eigenvalue weighted by Crippen LogP contribution is 2.21. The summed E-state index contributed by atoms with van der Waals surface area (Å²) >= 11 is 0. The Morgan fingerprint density at radius 2 is 1.82 bits per heavy atom. The maximum absolute atomic E-state index is 12.0. The van der Waals surface area contributed by atoms with Gasteiger partial charge < -0.3 is 19.2 Å². The number of nitrogens with one attached hydrogen (secondary N) is 1. The standard InChI is InChI=1S/C21H23N3O4/c1-15-5-3-4-6-18(15)21-24-23-20(28-21)12-11-19(25)22-13-14-27-17-9-7-16(26-2)8-10-17/h3-10H,11-14H2,1-2H3,(H,22,25). The zero-order chi connectivity index (χ0) is 19.8. The van der Waals surface area contributed by atoms with Gasteiger partial charge in [0.2, 0.25) is 17.7 Å². The molecule has 0 unspecified atom stereocenters. The number of hydrogen-bond donors (Lipinski definition) is 1. The molecule has 3 rings (SSSR count). The maximum Gasteiger partial charge on any atom is 0.247 e. The van der Waals surface area contributed by atoms with Crippen molar-refractivity contribution in [3.8, 4) is 23.0 Å². The Morgan fingerprint density at radius 3 is 2.57 bits per heavy atom. The highest BCUT2D eigenvalue weighted by atomic mass is 16.5. The topological polar surface area (TPSA) is 86.5 Å². The van der Waals surface area contributed by atoms with Crippen LogP contribution in [-0.4, -0.2) is 36.4 Å². The number of amides is 1. The van der Waals surface area contributed by atoms with Crippen LogP contribution >= 0.6 is 0 Å². The first kappa shape index (κ1) is 19.4. The first-order valence-corrected chi connectivity index (χ1v) is 9.07. The molecule has 0 spiro atoms. The lowest BCUT2D eigenvalue weighted by molar-refractivity contribution is -0.121. The number of carbonyl (C=O) groups is 1. The Hall–Kier alpha value is -3.35. The van der Waals surface area contributed by atoms with Crippen LogP contribution in [0.15, 0.2) is 52.9 Å². The molecule has 146 valence electrons. The molecule has 28 heavy (non-hydrogen) atoms. The minimum atomic E-state index is -0.0889. The fourth-order valence-electron chi connectivity index (χ4n) is 2.62. The van der Waals surface area contributed by atoms with Gasteiger partial charge in [0.05, 0.1) is 13.7 Å². The fraction of sp³-hybridized carbons (Fsp3) is 0.286. The lowest BCUT2D eigenvalue weighted by atomic mass is 10.1. The van der Waals surface area contributed by atoms with Crippen LogP contribution in [0.2, 0.25) is 0 Å². The Bertz CT molecular complexity index is 906. The number of ether oxygens (including phenoxy) is 2. The highest BCUT2D eigenvalue weighted by molar-refractivity contribution is 5.76. The van der Waals surface area contributed by atoms with Crippen LogP contribution in [0, 0.1) is 6.92 Å². The van der Waals surface area contributed by atoms with E-state index in [9.17, 15) is 4.79 Å². The van der Waals surface area contributed by atoms with E-state index in [1.54, 1.807) is 7.11 Å². The highest BCUT2D eigenvalue weighted by Gasteiger charge is 2.11. The summed E-state index contributed by atoms with van der Waals surface area (Å²) in [6.45, 7) is 2.79. The van der Waals surface area contributed by atoms with Crippen molar-refractivity contribution in [3.63, 3.8) is 0 Å². The van der Waals surface area contributed by atoms with Gasteiger partial charge in [-0.25, -0.2) is 0 Å². The van der Waals surface area contributed by atoms with E-state index in [2.05, 4.69) is 15.5 Å². The number of benzene rings is 2. The first-order chi connectivity index (χ1) is 13.7. The Balaban J connectivity index is 1.38. The molecular weight excluding hydrogens is 358 g/mol. The van der Waals surface area contributed by atoms with Crippen molar-refractivity contribution in [2.45, 2.75) is 19.8 Å². The van der Waals surface area contributed by atoms with E-state index in [0.29, 0.717) is 31.4 Å². The average Bonchev–Trinajstić information content (AvgIpc) is 3.19. The van der Waals surface area contributed by atoms with E-state index in [1.807, 2.05) is 55.5 Å². The minimum Gasteiger partial charge on any atom is -0.497 e. The second kappa shape index (κ2) is 9.55. The SMILES string of the molecule is COc1ccc(OCCNC(=O)CCc2nnc(-c3ccccc3C)o2)cc1. The third-order valence-electron chi connectivity index (χ3n) is 4.16. The van der Waals surface area contributed by atoms with Gasteiger partial charge in [-0.3, -0.25) is 4.79 Å². The van der Waals surface area contributed by atoms with Gasteiger partial charge in [0.1, 0.15) is 18.1 Å². The summed E-state index contributed by atoms with van der Waals surface area (Å²) in [7, 11) is 1.61. The largest absolute Gasteiger partial charge is 0.497 e. The second-order valence-electron chi connectivity index (χ2n) is 6.19. The van der Waals surface area contributed by atoms with Crippen molar-refractivity contribution < 1.29 is 18.7 Å². The molecule has 0 aliphatic heterocycles. The van der Waals surface area contributed by atoms with Crippen molar-refractivity contribution in [2.75, 3.05) is 20.3 Å². The molecule has 0 atom stereocenters. The van der Waals surface area contributed by atoms with E-state index in [0.717, 1.165) is 22.6 Å². The number of aromatic nitrogens is 2. The number of rotatable bonds is 9. The monoisotopic (exact) mass is 381 g/mol. The number of carbonyl (C=O) groups excluding carboxylic acids is 1. The summed E-state index contributed by atoms with van der Waals surface area (Å²) in [5.74, 6) is 2.33. The van der Waals surface area contributed by atoms with Gasteiger partial charge in [-0.15, -0.1) is 10.2 Å². The van der Waals surface area contributed by atoms with Crippen molar-refractivity contribution >= 4 is 5.91 Å². The molecule has 3 aromatic rings. The zero-order valence-corrected chi connectivity index (χ0v) is 16.0. The van der Waals surface area contributed by atoms with Crippen molar-refractivity contribution in [1.82, 2.24) is 15.5 Å². The minimum absolute atomic E-state index is 0.0889. The summed E-state index contributed by atoms with van der Waals surface area (Å²) in [5, 5.41) is 10.9. The molecule has 1 aromatic heterocycles. The molecule has 7 nitrogen and oxygen atoms in total. The van der Waals surface area contributed by atoms with E-state index < -0.39 is 0 Å². The predicted molar refractivity (Wildman–Crippen MR) is 104 cm³/mol. The molecule has 0 radical (unpaired) electrons. The van der Waals surface area contributed by atoms with Crippen LogP contribution in [0.1, 0.15) is 17.9 Å². The molecule has 1 amide bonds. The van der Waals surface area contributed by atoms with Crippen molar-refractivity contribution in [3.05, 3.63) is 60.0 Å². The summed E-state index contributed by atoms with van der Waals surface area (Å²) in [6, 6.07) is 15.1. The van der Waals surface area contributed by atoms with Crippen LogP contribution in [0.5, 0.6) is 11.5 Å². The van der Waals surface area contributed by atoms with Gasteiger partial charge in [-0.1, -0.05) is 18.2 Å². The van der Waals surface area contributed by atoms with E-state index in [-0.39, 0.29) is 12.3 Å². The molecule has 1 N–H and O–H groups in total. The summed E-state index contributed by atoms with van der Waals surface area (Å²) in [5.41, 5.74) is 1.97. The smallest absolute Gasteiger partial charge is 0.247 e. The summed E-state index contributed by atoms with van der Waals surface area (Å²) in [6.07, 6.45) is 0.669. The Labute approximate surface area is 163 Å². The Kier molecular flexibility index (Phi) is 6.62. The third kappa shape index (κ3) is 5.33. The van der Waals surface area contributed by atoms with Crippen LogP contribution in [0.4, 0.5) is 0 Å². The molecule has 0 saturated heterocycles. The predicted octanol–water partition coefficient (Wildman–Crippen LogP) is 3.18. The number of hydrogen-bond acceptors (Lipinski definition) is 6. The van der Waals surface area contributed by atoms with Gasteiger partial charge >= 0.3 is 0 Å². The third-order valence-corrected chi connectivity index (χ3v) is 4.16. The normalized spacial score (nSPS) is 10.5. The van der Waals surface area contributed by atoms with Gasteiger partial charge in [-0.2, -0.15) is 0 Å². The van der Waals surface area contributed by atoms with Gasteiger partial charge in [0.25, 0.3) is 0 Å². The summed E-state index contributed by atoms with van der Waals surface area (Å²) in [4.78, 5) is 12.0. The summed E-state index contributed by atoms with van der Waals surface area (Å²) < 4.78 is 16.3. The average molecular weight is 381 g/mol. The molecule has 1 heterocycles. The first-order valence-electron chi connectivity index (χ1n) is 9.07. The molecule has 7 heteroatoms. The molecular formula is C21H23N3O4. The van der Waals surface area contributed by atoms with Crippen molar-refractivity contribution in [2.24, 2.45) is 0 Å². The molecule has 0 aliphatic rings. The lowest BCUT2D eigenvalue weighted by Gasteiger charge is -2.08. The molecule has 0 bridgehead atoms. The number of methoxy groups -OCH3 is 1. The van der Waals surface area contributed by atoms with Crippen LogP contribution in [0.3, 0.4) is 0 Å². The van der Waals surface area contributed by atoms with Gasteiger partial charge in [-0.05, 0) is 42.8 Å². The molecule has 0 fully saturated rings. The van der Waals surface area contributed by atoms with Crippen molar-refractivity contribution in [1.29, 1.82) is 0 Å². The molecule has 2 aromatic carbocycles. The molecule has 0 saturated carbocycles. The van der Waals surface area contributed by atoms with Crippen LogP contribution < -0.4 is 14.8 Å². The van der Waals surface area contributed by atoms with E-state index in [1.165, 1.54) is 0 Å². The van der Waals surface area contributed by atoms with Gasteiger partial charge in [0.15, 0.2) is 0 Å². The van der Waals surface area contributed by atoms with Crippen LogP contribution in [-0.2, 0) is 11.2 Å². The van der Waals surface area contributed by atoms with E-state index >= 15 is 0 Å². The zero-order valence-electron chi connectivity index (χ0n) is 16.0. The van der Waals surface area contributed by atoms with Crippen LogP contribution in [0.25, 0.3) is 11.5 Å². The second-order valence-corrected chi connectivity index (χ2v) is 6.19. The molecule has 0 aliphatic carbocycles. The number of nitrogens with zero attached hydrogens (tertiary/aromatic N) is 2. The quantitative estimate of drug-likeness (QED) is 0.573. The van der Waals surface area contributed by atoms with E-state index in [4.69, 9.17) is 13.9 Å². The van der Waals surface area contributed by atoms with Gasteiger partial charge in [0, 0.05) is 18.4 Å².